The lowest BCUT2D eigenvalue weighted by Crippen LogP contribution is -2.45. The van der Waals surface area contributed by atoms with Gasteiger partial charge in [0.15, 0.2) is 0 Å². The predicted molar refractivity (Wildman–Crippen MR) is 80.9 cm³/mol. The molecule has 1 amide bonds. The van der Waals surface area contributed by atoms with Crippen molar-refractivity contribution in [3.63, 3.8) is 0 Å². The highest BCUT2D eigenvalue weighted by molar-refractivity contribution is 5.83. The summed E-state index contributed by atoms with van der Waals surface area (Å²) >= 11 is 0. The smallest absolute Gasteiger partial charge is 0.306 e. The number of carboxylic acids is 1. The van der Waals surface area contributed by atoms with E-state index in [0.717, 1.165) is 58.0 Å². The van der Waals surface area contributed by atoms with Gasteiger partial charge in [0.2, 0.25) is 5.91 Å². The minimum absolute atomic E-state index is 0.0910. The number of hydrogen-bond acceptors (Lipinski definition) is 3. The normalized spacial score (nSPS) is 32.8. The topological polar surface area (TPSA) is 78.4 Å². The Morgan fingerprint density at radius 2 is 2.10 bits per heavy atom. The number of amides is 1. The molecule has 120 valence electrons. The molecule has 0 aromatic carbocycles. The fraction of sp³-hybridized carbons (Fsp3) is 0.875. The molecule has 5 heteroatoms. The van der Waals surface area contributed by atoms with E-state index in [0.29, 0.717) is 6.54 Å². The Labute approximate surface area is 126 Å². The van der Waals surface area contributed by atoms with E-state index in [1.54, 1.807) is 0 Å². The first-order valence-electron chi connectivity index (χ1n) is 8.31. The Morgan fingerprint density at radius 3 is 2.71 bits per heavy atom. The molecule has 2 fully saturated rings. The van der Waals surface area contributed by atoms with Crippen LogP contribution in [-0.4, -0.2) is 36.6 Å². The highest BCUT2D eigenvalue weighted by Crippen LogP contribution is 2.33. The van der Waals surface area contributed by atoms with E-state index in [9.17, 15) is 14.7 Å². The molecule has 1 saturated heterocycles. The van der Waals surface area contributed by atoms with Gasteiger partial charge in [-0.3, -0.25) is 9.59 Å². The highest BCUT2D eigenvalue weighted by Gasteiger charge is 2.40. The molecule has 2 rings (SSSR count). The van der Waals surface area contributed by atoms with E-state index in [4.69, 9.17) is 0 Å². The van der Waals surface area contributed by atoms with Gasteiger partial charge in [0.25, 0.3) is 0 Å². The molecule has 0 bridgehead atoms. The Hall–Kier alpha value is -1.10. The maximum Gasteiger partial charge on any atom is 0.306 e. The maximum absolute atomic E-state index is 12.6. The van der Waals surface area contributed by atoms with Crippen molar-refractivity contribution in [2.45, 2.75) is 51.9 Å². The van der Waals surface area contributed by atoms with E-state index in [1.807, 2.05) is 0 Å². The third kappa shape index (κ3) is 3.76. The van der Waals surface area contributed by atoms with Crippen molar-refractivity contribution in [1.29, 1.82) is 0 Å². The summed E-state index contributed by atoms with van der Waals surface area (Å²) in [5.74, 6) is -0.792. The molecule has 21 heavy (non-hydrogen) atoms. The maximum atomic E-state index is 12.6. The van der Waals surface area contributed by atoms with Crippen molar-refractivity contribution < 1.29 is 14.7 Å². The van der Waals surface area contributed by atoms with Crippen LogP contribution in [0.15, 0.2) is 0 Å². The summed E-state index contributed by atoms with van der Waals surface area (Å²) in [4.78, 5) is 23.9. The van der Waals surface area contributed by atoms with Gasteiger partial charge in [-0.15, -0.1) is 0 Å². The molecular weight excluding hydrogens is 268 g/mol. The van der Waals surface area contributed by atoms with Crippen LogP contribution in [-0.2, 0) is 9.59 Å². The Kier molecular flexibility index (Phi) is 5.62. The van der Waals surface area contributed by atoms with Gasteiger partial charge < -0.3 is 15.7 Å². The number of aliphatic carboxylic acids is 1. The highest BCUT2D eigenvalue weighted by atomic mass is 16.4. The van der Waals surface area contributed by atoms with Gasteiger partial charge in [0.05, 0.1) is 11.3 Å². The van der Waals surface area contributed by atoms with Crippen molar-refractivity contribution in [2.24, 2.45) is 17.3 Å². The summed E-state index contributed by atoms with van der Waals surface area (Å²) < 4.78 is 0. The number of rotatable bonds is 6. The Morgan fingerprint density at radius 1 is 1.33 bits per heavy atom. The van der Waals surface area contributed by atoms with E-state index in [1.165, 1.54) is 0 Å². The summed E-state index contributed by atoms with van der Waals surface area (Å²) in [5, 5.41) is 15.6. The number of carbonyl (C=O) groups is 2. The SMILES string of the molecule is CCCC1(C(=O)NCC2CCCCC2C(=O)O)CCNC1. The standard InChI is InChI=1S/C16H28N2O3/c1-2-7-16(8-9-17-11-16)15(21)18-10-12-5-3-4-6-13(12)14(19)20/h12-13,17H,2-11H2,1H3,(H,18,21)(H,19,20). The quantitative estimate of drug-likeness (QED) is 0.698. The molecule has 5 nitrogen and oxygen atoms in total. The van der Waals surface area contributed by atoms with Crippen molar-refractivity contribution >= 4 is 11.9 Å². The third-order valence-electron chi connectivity index (χ3n) is 5.21. The zero-order valence-electron chi connectivity index (χ0n) is 13.0. The molecule has 0 radical (unpaired) electrons. The van der Waals surface area contributed by atoms with Gasteiger partial charge in [0.1, 0.15) is 0 Å². The number of nitrogens with one attached hydrogen (secondary N) is 2. The summed E-state index contributed by atoms with van der Waals surface area (Å²) in [7, 11) is 0. The number of carbonyl (C=O) groups excluding carboxylic acids is 1. The minimum Gasteiger partial charge on any atom is -0.481 e. The second-order valence-corrected chi connectivity index (χ2v) is 6.66. The third-order valence-corrected chi connectivity index (χ3v) is 5.21. The van der Waals surface area contributed by atoms with E-state index >= 15 is 0 Å². The second-order valence-electron chi connectivity index (χ2n) is 6.66. The largest absolute Gasteiger partial charge is 0.481 e. The molecule has 0 aromatic rings. The molecular formula is C16H28N2O3. The first-order chi connectivity index (χ1) is 10.1. The first kappa shape index (κ1) is 16.3. The minimum atomic E-state index is -0.709. The van der Waals surface area contributed by atoms with Crippen LogP contribution in [0.2, 0.25) is 0 Å². The Balaban J connectivity index is 1.91. The molecule has 0 aromatic heterocycles. The summed E-state index contributed by atoms with van der Waals surface area (Å²) in [6.45, 7) is 4.27. The second kappa shape index (κ2) is 7.25. The number of hydrogen-bond donors (Lipinski definition) is 3. The summed E-state index contributed by atoms with van der Waals surface area (Å²) in [6, 6.07) is 0. The van der Waals surface area contributed by atoms with Crippen LogP contribution in [0.4, 0.5) is 0 Å². The molecule has 1 heterocycles. The van der Waals surface area contributed by atoms with Crippen LogP contribution < -0.4 is 10.6 Å². The zero-order valence-corrected chi connectivity index (χ0v) is 13.0. The summed E-state index contributed by atoms with van der Waals surface area (Å²) in [6.07, 6.45) is 6.51. The molecule has 1 aliphatic carbocycles. The van der Waals surface area contributed by atoms with Crippen LogP contribution in [0.5, 0.6) is 0 Å². The van der Waals surface area contributed by atoms with E-state index in [-0.39, 0.29) is 23.2 Å². The molecule has 3 atom stereocenters. The summed E-state index contributed by atoms with van der Waals surface area (Å²) in [5.41, 5.74) is -0.276. The molecule has 3 N–H and O–H groups in total. The van der Waals surface area contributed by atoms with Gasteiger partial charge in [-0.2, -0.15) is 0 Å². The van der Waals surface area contributed by atoms with E-state index < -0.39 is 5.97 Å². The van der Waals surface area contributed by atoms with Crippen molar-refractivity contribution in [3.8, 4) is 0 Å². The van der Waals surface area contributed by atoms with Crippen LogP contribution >= 0.6 is 0 Å². The average Bonchev–Trinajstić information content (AvgIpc) is 2.95. The van der Waals surface area contributed by atoms with Crippen molar-refractivity contribution in [1.82, 2.24) is 10.6 Å². The van der Waals surface area contributed by atoms with Gasteiger partial charge in [0, 0.05) is 13.1 Å². The first-order valence-corrected chi connectivity index (χ1v) is 8.31. The lowest BCUT2D eigenvalue weighted by molar-refractivity contribution is -0.145. The van der Waals surface area contributed by atoms with Crippen LogP contribution in [0, 0.1) is 17.3 Å². The fourth-order valence-corrected chi connectivity index (χ4v) is 3.93. The number of carboxylic acid groups (broad SMARTS) is 1. The predicted octanol–water partition coefficient (Wildman–Crippen LogP) is 1.77. The van der Waals surface area contributed by atoms with Crippen LogP contribution in [0.1, 0.15) is 51.9 Å². The van der Waals surface area contributed by atoms with Crippen LogP contribution in [0.25, 0.3) is 0 Å². The lowest BCUT2D eigenvalue weighted by atomic mass is 9.78. The van der Waals surface area contributed by atoms with Gasteiger partial charge in [-0.05, 0) is 38.1 Å². The van der Waals surface area contributed by atoms with Crippen molar-refractivity contribution in [3.05, 3.63) is 0 Å². The molecule has 3 unspecified atom stereocenters. The van der Waals surface area contributed by atoms with Crippen molar-refractivity contribution in [2.75, 3.05) is 19.6 Å². The zero-order chi connectivity index (χ0) is 15.3. The molecule has 1 aliphatic heterocycles. The van der Waals surface area contributed by atoms with Crippen LogP contribution in [0.3, 0.4) is 0 Å². The fourth-order valence-electron chi connectivity index (χ4n) is 3.93. The van der Waals surface area contributed by atoms with Gasteiger partial charge in [-0.1, -0.05) is 26.2 Å². The molecule has 0 spiro atoms. The average molecular weight is 296 g/mol. The van der Waals surface area contributed by atoms with Gasteiger partial charge >= 0.3 is 5.97 Å². The lowest BCUT2D eigenvalue weighted by Gasteiger charge is -2.31. The molecule has 2 aliphatic rings. The monoisotopic (exact) mass is 296 g/mol. The van der Waals surface area contributed by atoms with E-state index in [2.05, 4.69) is 17.6 Å². The van der Waals surface area contributed by atoms with Gasteiger partial charge in [-0.25, -0.2) is 0 Å². The molecule has 1 saturated carbocycles. The Bertz CT molecular complexity index is 378.